The predicted molar refractivity (Wildman–Crippen MR) is 72.2 cm³/mol. The topological polar surface area (TPSA) is 12.0 Å². The van der Waals surface area contributed by atoms with E-state index in [1.807, 2.05) is 0 Å². The molecular weight excluding hydrogens is 214 g/mol. The minimum atomic E-state index is 0.382. The number of rotatable bonds is 4. The van der Waals surface area contributed by atoms with Gasteiger partial charge in [-0.3, -0.25) is 0 Å². The normalized spacial score (nSPS) is 12.4. The first kappa shape index (κ1) is 11.2. The van der Waals surface area contributed by atoms with E-state index in [0.29, 0.717) is 6.04 Å². The molecule has 1 unspecified atom stereocenters. The highest BCUT2D eigenvalue weighted by Gasteiger charge is 2.07. The number of benzene rings is 1. The lowest BCUT2D eigenvalue weighted by molar-refractivity contribution is 0.901. The molecule has 2 aromatic rings. The summed E-state index contributed by atoms with van der Waals surface area (Å²) < 4.78 is 0. The molecule has 0 saturated heterocycles. The van der Waals surface area contributed by atoms with E-state index in [-0.39, 0.29) is 0 Å². The van der Waals surface area contributed by atoms with Gasteiger partial charge in [0.1, 0.15) is 0 Å². The molecule has 0 saturated carbocycles. The summed E-state index contributed by atoms with van der Waals surface area (Å²) in [6.07, 6.45) is 1.07. The molecule has 16 heavy (non-hydrogen) atoms. The SMILES string of the molecule is CCc1ccccc1NC(C)c1cccs1. The average Bonchev–Trinajstić information content (AvgIpc) is 2.83. The monoisotopic (exact) mass is 231 g/mol. The van der Waals surface area contributed by atoms with Crippen molar-refractivity contribution in [3.63, 3.8) is 0 Å². The summed E-state index contributed by atoms with van der Waals surface area (Å²) in [5.41, 5.74) is 2.64. The van der Waals surface area contributed by atoms with Crippen LogP contribution in [0, 0.1) is 0 Å². The highest BCUT2D eigenvalue weighted by atomic mass is 32.1. The maximum Gasteiger partial charge on any atom is 0.0578 e. The Balaban J connectivity index is 2.14. The van der Waals surface area contributed by atoms with Gasteiger partial charge in [0.05, 0.1) is 6.04 Å². The van der Waals surface area contributed by atoms with Crippen molar-refractivity contribution < 1.29 is 0 Å². The van der Waals surface area contributed by atoms with E-state index in [4.69, 9.17) is 0 Å². The number of anilines is 1. The number of thiophene rings is 1. The van der Waals surface area contributed by atoms with Crippen molar-refractivity contribution in [2.24, 2.45) is 0 Å². The Bertz CT molecular complexity index is 434. The van der Waals surface area contributed by atoms with E-state index in [1.165, 1.54) is 16.1 Å². The van der Waals surface area contributed by atoms with Gasteiger partial charge in [0.15, 0.2) is 0 Å². The summed E-state index contributed by atoms with van der Waals surface area (Å²) >= 11 is 1.80. The van der Waals surface area contributed by atoms with Crippen LogP contribution >= 0.6 is 11.3 Å². The molecule has 0 aliphatic rings. The number of para-hydroxylation sites is 1. The first-order chi connectivity index (χ1) is 7.81. The molecule has 2 rings (SSSR count). The molecular formula is C14H17NS. The molecule has 0 aliphatic carbocycles. The van der Waals surface area contributed by atoms with Crippen molar-refractivity contribution in [1.82, 2.24) is 0 Å². The van der Waals surface area contributed by atoms with Crippen LogP contribution in [-0.2, 0) is 6.42 Å². The van der Waals surface area contributed by atoms with Crippen molar-refractivity contribution in [3.8, 4) is 0 Å². The zero-order valence-electron chi connectivity index (χ0n) is 9.73. The van der Waals surface area contributed by atoms with Gasteiger partial charge in [-0.05, 0) is 36.4 Å². The predicted octanol–water partition coefficient (Wildman–Crippen LogP) is 4.48. The summed E-state index contributed by atoms with van der Waals surface area (Å²) in [5.74, 6) is 0. The molecule has 1 nitrogen and oxygen atoms in total. The van der Waals surface area contributed by atoms with Gasteiger partial charge in [0.2, 0.25) is 0 Å². The highest BCUT2D eigenvalue weighted by Crippen LogP contribution is 2.25. The third kappa shape index (κ3) is 2.45. The maximum atomic E-state index is 3.57. The molecule has 1 aromatic heterocycles. The lowest BCUT2D eigenvalue weighted by Gasteiger charge is -2.16. The molecule has 0 radical (unpaired) electrons. The minimum Gasteiger partial charge on any atom is -0.377 e. The van der Waals surface area contributed by atoms with E-state index >= 15 is 0 Å². The van der Waals surface area contributed by atoms with Crippen molar-refractivity contribution in [3.05, 3.63) is 52.2 Å². The van der Waals surface area contributed by atoms with Crippen molar-refractivity contribution in [2.45, 2.75) is 26.3 Å². The zero-order chi connectivity index (χ0) is 11.4. The standard InChI is InChI=1S/C14H17NS/c1-3-12-7-4-5-8-13(12)15-11(2)14-9-6-10-16-14/h4-11,15H,3H2,1-2H3. The van der Waals surface area contributed by atoms with E-state index in [2.05, 4.69) is 60.9 Å². The van der Waals surface area contributed by atoms with Crippen molar-refractivity contribution in [1.29, 1.82) is 0 Å². The second-order valence-corrected chi connectivity index (χ2v) is 4.87. The van der Waals surface area contributed by atoms with Crippen molar-refractivity contribution >= 4 is 17.0 Å². The summed E-state index contributed by atoms with van der Waals surface area (Å²) in [4.78, 5) is 1.38. The van der Waals surface area contributed by atoms with Gasteiger partial charge in [-0.1, -0.05) is 31.2 Å². The van der Waals surface area contributed by atoms with Crippen LogP contribution in [-0.4, -0.2) is 0 Å². The van der Waals surface area contributed by atoms with Crippen molar-refractivity contribution in [2.75, 3.05) is 5.32 Å². The van der Waals surface area contributed by atoms with Crippen LogP contribution < -0.4 is 5.32 Å². The van der Waals surface area contributed by atoms with Crippen LogP contribution in [0.15, 0.2) is 41.8 Å². The quantitative estimate of drug-likeness (QED) is 0.818. The Kier molecular flexibility index (Phi) is 3.62. The Morgan fingerprint density at radius 2 is 2.00 bits per heavy atom. The third-order valence-corrected chi connectivity index (χ3v) is 3.80. The first-order valence-electron chi connectivity index (χ1n) is 5.69. The fraction of sp³-hybridized carbons (Fsp3) is 0.286. The second kappa shape index (κ2) is 5.17. The maximum absolute atomic E-state index is 3.57. The lowest BCUT2D eigenvalue weighted by atomic mass is 10.1. The number of nitrogens with one attached hydrogen (secondary N) is 1. The van der Waals surface area contributed by atoms with E-state index in [0.717, 1.165) is 6.42 Å². The molecule has 0 amide bonds. The van der Waals surface area contributed by atoms with E-state index in [9.17, 15) is 0 Å². The molecule has 1 atom stereocenters. The van der Waals surface area contributed by atoms with Crippen LogP contribution in [0.2, 0.25) is 0 Å². The van der Waals surface area contributed by atoms with Gasteiger partial charge in [-0.2, -0.15) is 0 Å². The molecule has 1 N–H and O–H groups in total. The molecule has 0 fully saturated rings. The zero-order valence-corrected chi connectivity index (χ0v) is 10.6. The largest absolute Gasteiger partial charge is 0.377 e. The molecule has 0 aliphatic heterocycles. The number of hydrogen-bond donors (Lipinski definition) is 1. The summed E-state index contributed by atoms with van der Waals surface area (Å²) in [6.45, 7) is 4.40. The molecule has 2 heteroatoms. The van der Waals surface area contributed by atoms with Gasteiger partial charge in [0.25, 0.3) is 0 Å². The van der Waals surface area contributed by atoms with Crippen LogP contribution in [0.4, 0.5) is 5.69 Å². The molecule has 0 bridgehead atoms. The minimum absolute atomic E-state index is 0.382. The smallest absolute Gasteiger partial charge is 0.0578 e. The van der Waals surface area contributed by atoms with Crippen LogP contribution in [0.1, 0.15) is 30.3 Å². The average molecular weight is 231 g/mol. The van der Waals surface area contributed by atoms with Gasteiger partial charge < -0.3 is 5.32 Å². The van der Waals surface area contributed by atoms with Gasteiger partial charge >= 0.3 is 0 Å². The van der Waals surface area contributed by atoms with E-state index < -0.39 is 0 Å². The van der Waals surface area contributed by atoms with Gasteiger partial charge in [-0.15, -0.1) is 11.3 Å². The fourth-order valence-electron chi connectivity index (χ4n) is 1.81. The summed E-state index contributed by atoms with van der Waals surface area (Å²) in [6, 6.07) is 13.2. The first-order valence-corrected chi connectivity index (χ1v) is 6.57. The molecule has 84 valence electrons. The Labute approximate surface area is 101 Å². The fourth-order valence-corrected chi connectivity index (χ4v) is 2.55. The highest BCUT2D eigenvalue weighted by molar-refractivity contribution is 7.10. The van der Waals surface area contributed by atoms with E-state index in [1.54, 1.807) is 11.3 Å². The lowest BCUT2D eigenvalue weighted by Crippen LogP contribution is -2.06. The molecule has 0 spiro atoms. The second-order valence-electron chi connectivity index (χ2n) is 3.89. The number of hydrogen-bond acceptors (Lipinski definition) is 2. The molecule has 1 aromatic carbocycles. The van der Waals surface area contributed by atoms with Gasteiger partial charge in [0, 0.05) is 10.6 Å². The Morgan fingerprint density at radius 3 is 2.69 bits per heavy atom. The summed E-state index contributed by atoms with van der Waals surface area (Å²) in [5, 5.41) is 5.70. The Hall–Kier alpha value is -1.28. The van der Waals surface area contributed by atoms with Crippen LogP contribution in [0.25, 0.3) is 0 Å². The van der Waals surface area contributed by atoms with Gasteiger partial charge in [-0.25, -0.2) is 0 Å². The summed E-state index contributed by atoms with van der Waals surface area (Å²) in [7, 11) is 0. The third-order valence-electron chi connectivity index (χ3n) is 2.74. The van der Waals surface area contributed by atoms with Crippen LogP contribution in [0.3, 0.4) is 0 Å². The Morgan fingerprint density at radius 1 is 1.19 bits per heavy atom. The van der Waals surface area contributed by atoms with Crippen LogP contribution in [0.5, 0.6) is 0 Å². The number of aryl methyl sites for hydroxylation is 1. The molecule has 1 heterocycles.